The van der Waals surface area contributed by atoms with Crippen LogP contribution in [0.25, 0.3) is 0 Å². The molecule has 0 aliphatic carbocycles. The van der Waals surface area contributed by atoms with Crippen LogP contribution in [0.4, 0.5) is 0 Å². The van der Waals surface area contributed by atoms with E-state index in [1.54, 1.807) is 6.92 Å². The van der Waals surface area contributed by atoms with Gasteiger partial charge in [0.15, 0.2) is 0 Å². The summed E-state index contributed by atoms with van der Waals surface area (Å²) in [5.74, 6) is 0.206. The second-order valence-electron chi connectivity index (χ2n) is 6.01. The largest absolute Gasteiger partial charge is 0.387 e. The van der Waals surface area contributed by atoms with E-state index in [-0.39, 0.29) is 18.4 Å². The van der Waals surface area contributed by atoms with Crippen molar-refractivity contribution in [3.63, 3.8) is 0 Å². The van der Waals surface area contributed by atoms with Crippen LogP contribution in [0.3, 0.4) is 0 Å². The number of hydrogen-bond acceptors (Lipinski definition) is 4. The van der Waals surface area contributed by atoms with E-state index in [0.717, 1.165) is 6.42 Å². The third-order valence-electron chi connectivity index (χ3n) is 2.71. The maximum absolute atomic E-state index is 11.9. The average molecular weight is 259 g/mol. The molecule has 0 spiro atoms. The summed E-state index contributed by atoms with van der Waals surface area (Å²) in [7, 11) is 3.77. The maximum atomic E-state index is 11.9. The highest BCUT2D eigenvalue weighted by molar-refractivity contribution is 5.78. The number of likely N-dealkylation sites (N-methyl/N-ethyl adjacent to an activating group) is 1. The highest BCUT2D eigenvalue weighted by Gasteiger charge is 2.24. The Morgan fingerprint density at radius 1 is 1.44 bits per heavy atom. The minimum Gasteiger partial charge on any atom is -0.387 e. The van der Waals surface area contributed by atoms with Crippen LogP contribution in [0.1, 0.15) is 27.2 Å². The number of nitrogens with one attached hydrogen (secondary N) is 1. The van der Waals surface area contributed by atoms with Gasteiger partial charge in [-0.1, -0.05) is 13.8 Å². The lowest BCUT2D eigenvalue weighted by Crippen LogP contribution is -2.49. The number of carbonyl (C=O) groups excluding carboxylic acids is 1. The summed E-state index contributed by atoms with van der Waals surface area (Å²) in [6.45, 7) is 6.95. The number of nitrogens with two attached hydrogens (primary N) is 1. The van der Waals surface area contributed by atoms with E-state index in [1.807, 2.05) is 19.0 Å². The summed E-state index contributed by atoms with van der Waals surface area (Å²) < 4.78 is 0. The first-order valence-electron chi connectivity index (χ1n) is 6.53. The van der Waals surface area contributed by atoms with Gasteiger partial charge in [0.05, 0.1) is 11.5 Å². The first-order chi connectivity index (χ1) is 8.18. The summed E-state index contributed by atoms with van der Waals surface area (Å²) in [6, 6.07) is 0. The van der Waals surface area contributed by atoms with Gasteiger partial charge in [0.1, 0.15) is 0 Å². The van der Waals surface area contributed by atoms with Gasteiger partial charge >= 0.3 is 0 Å². The van der Waals surface area contributed by atoms with E-state index in [2.05, 4.69) is 19.2 Å². The van der Waals surface area contributed by atoms with Gasteiger partial charge in [-0.25, -0.2) is 0 Å². The zero-order chi connectivity index (χ0) is 14.3. The molecule has 0 saturated carbocycles. The molecular formula is C13H29N3O2. The molecule has 2 unspecified atom stereocenters. The van der Waals surface area contributed by atoms with Crippen LogP contribution < -0.4 is 11.1 Å². The van der Waals surface area contributed by atoms with Crippen LogP contribution in [-0.4, -0.2) is 55.2 Å². The van der Waals surface area contributed by atoms with Crippen molar-refractivity contribution in [1.29, 1.82) is 0 Å². The fourth-order valence-corrected chi connectivity index (χ4v) is 2.04. The van der Waals surface area contributed by atoms with Crippen LogP contribution in [0, 0.1) is 11.8 Å². The molecule has 2 atom stereocenters. The predicted octanol–water partition coefficient (Wildman–Crippen LogP) is 0.0362. The van der Waals surface area contributed by atoms with Crippen LogP contribution >= 0.6 is 0 Å². The van der Waals surface area contributed by atoms with Gasteiger partial charge in [-0.15, -0.1) is 0 Å². The van der Waals surface area contributed by atoms with Crippen LogP contribution in [-0.2, 0) is 4.79 Å². The fourth-order valence-electron chi connectivity index (χ4n) is 2.04. The summed E-state index contributed by atoms with van der Waals surface area (Å²) in [5, 5.41) is 12.9. The number of amides is 1. The van der Waals surface area contributed by atoms with Crippen LogP contribution in [0.5, 0.6) is 0 Å². The number of rotatable bonds is 8. The van der Waals surface area contributed by atoms with Crippen molar-refractivity contribution in [3.8, 4) is 0 Å². The van der Waals surface area contributed by atoms with Crippen LogP contribution in [0.15, 0.2) is 0 Å². The highest BCUT2D eigenvalue weighted by atomic mass is 16.3. The molecule has 0 rings (SSSR count). The standard InChI is InChI=1S/C13H29N3O2/c1-10(2)6-11(7-14)12(17)15-8-13(3,18)9-16(4)5/h10-11,18H,6-9,14H2,1-5H3,(H,15,17). The van der Waals surface area contributed by atoms with Gasteiger partial charge in [0, 0.05) is 19.6 Å². The zero-order valence-corrected chi connectivity index (χ0v) is 12.4. The predicted molar refractivity (Wildman–Crippen MR) is 74.2 cm³/mol. The van der Waals surface area contributed by atoms with Gasteiger partial charge in [-0.3, -0.25) is 4.79 Å². The van der Waals surface area contributed by atoms with Crippen LogP contribution in [0.2, 0.25) is 0 Å². The second kappa shape index (κ2) is 7.71. The monoisotopic (exact) mass is 259 g/mol. The molecule has 4 N–H and O–H groups in total. The van der Waals surface area contributed by atoms with Crippen molar-refractivity contribution in [2.24, 2.45) is 17.6 Å². The normalized spacial score (nSPS) is 16.7. The molecule has 108 valence electrons. The van der Waals surface area contributed by atoms with E-state index < -0.39 is 5.60 Å². The molecule has 0 aromatic rings. The smallest absolute Gasteiger partial charge is 0.224 e. The summed E-state index contributed by atoms with van der Waals surface area (Å²) in [6.07, 6.45) is 0.776. The Hall–Kier alpha value is -0.650. The molecule has 0 aliphatic heterocycles. The third-order valence-corrected chi connectivity index (χ3v) is 2.71. The third kappa shape index (κ3) is 7.63. The van der Waals surface area contributed by atoms with E-state index in [0.29, 0.717) is 19.0 Å². The Labute approximate surface area is 111 Å². The Morgan fingerprint density at radius 2 is 2.00 bits per heavy atom. The topological polar surface area (TPSA) is 78.6 Å². The van der Waals surface area contributed by atoms with Crippen molar-refractivity contribution in [3.05, 3.63) is 0 Å². The maximum Gasteiger partial charge on any atom is 0.224 e. The number of nitrogens with zero attached hydrogens (tertiary/aromatic N) is 1. The van der Waals surface area contributed by atoms with Gasteiger partial charge in [-0.2, -0.15) is 0 Å². The first kappa shape index (κ1) is 17.4. The van der Waals surface area contributed by atoms with E-state index >= 15 is 0 Å². The Kier molecular flexibility index (Phi) is 7.43. The van der Waals surface area contributed by atoms with E-state index in [4.69, 9.17) is 5.73 Å². The van der Waals surface area contributed by atoms with Crippen molar-refractivity contribution in [1.82, 2.24) is 10.2 Å². The lowest BCUT2D eigenvalue weighted by molar-refractivity contribution is -0.126. The fraction of sp³-hybridized carbons (Fsp3) is 0.923. The zero-order valence-electron chi connectivity index (χ0n) is 12.4. The molecule has 0 radical (unpaired) electrons. The lowest BCUT2D eigenvalue weighted by Gasteiger charge is -2.28. The van der Waals surface area contributed by atoms with Crippen molar-refractivity contribution in [2.45, 2.75) is 32.8 Å². The molecule has 0 bridgehead atoms. The Bertz CT molecular complexity index is 253. The van der Waals surface area contributed by atoms with Gasteiger partial charge in [0.25, 0.3) is 0 Å². The minimum absolute atomic E-state index is 0.0646. The molecule has 1 amide bonds. The first-order valence-corrected chi connectivity index (χ1v) is 6.53. The molecular weight excluding hydrogens is 230 g/mol. The number of carbonyl (C=O) groups is 1. The molecule has 5 heteroatoms. The quantitative estimate of drug-likeness (QED) is 0.575. The lowest BCUT2D eigenvalue weighted by atomic mass is 9.96. The molecule has 0 aromatic carbocycles. The summed E-state index contributed by atoms with van der Waals surface area (Å²) >= 11 is 0. The molecule has 0 heterocycles. The van der Waals surface area contributed by atoms with E-state index in [9.17, 15) is 9.90 Å². The molecule has 0 fully saturated rings. The highest BCUT2D eigenvalue weighted by Crippen LogP contribution is 2.11. The van der Waals surface area contributed by atoms with Crippen molar-refractivity contribution < 1.29 is 9.90 Å². The number of aliphatic hydroxyl groups is 1. The molecule has 18 heavy (non-hydrogen) atoms. The molecule has 0 saturated heterocycles. The van der Waals surface area contributed by atoms with E-state index in [1.165, 1.54) is 0 Å². The Balaban J connectivity index is 4.22. The second-order valence-corrected chi connectivity index (χ2v) is 6.01. The molecule has 0 aromatic heterocycles. The van der Waals surface area contributed by atoms with Gasteiger partial charge in [-0.05, 0) is 33.4 Å². The van der Waals surface area contributed by atoms with Gasteiger partial charge in [0.2, 0.25) is 5.91 Å². The Morgan fingerprint density at radius 3 is 2.39 bits per heavy atom. The van der Waals surface area contributed by atoms with Crippen molar-refractivity contribution in [2.75, 3.05) is 33.7 Å². The SMILES string of the molecule is CC(C)CC(CN)C(=O)NCC(C)(O)CN(C)C. The van der Waals surface area contributed by atoms with Gasteiger partial charge < -0.3 is 21.1 Å². The molecule has 0 aliphatic rings. The summed E-state index contributed by atoms with van der Waals surface area (Å²) in [5.41, 5.74) is 4.69. The molecule has 5 nitrogen and oxygen atoms in total. The minimum atomic E-state index is -0.920. The average Bonchev–Trinajstić information content (AvgIpc) is 2.20. The number of hydrogen-bond donors (Lipinski definition) is 3. The van der Waals surface area contributed by atoms with Crippen molar-refractivity contribution >= 4 is 5.91 Å². The summed E-state index contributed by atoms with van der Waals surface area (Å²) in [4.78, 5) is 13.8.